The highest BCUT2D eigenvalue weighted by Gasteiger charge is 2.28. The molecule has 18 heavy (non-hydrogen) atoms. The lowest BCUT2D eigenvalue weighted by molar-refractivity contribution is -0.123. The Balaban J connectivity index is 1.76. The van der Waals surface area contributed by atoms with Crippen LogP contribution in [0, 0.1) is 0 Å². The fourth-order valence-corrected chi connectivity index (χ4v) is 2.14. The van der Waals surface area contributed by atoms with E-state index >= 15 is 0 Å². The normalized spacial score (nSPS) is 22.9. The van der Waals surface area contributed by atoms with Crippen LogP contribution in [0.3, 0.4) is 0 Å². The van der Waals surface area contributed by atoms with E-state index in [-0.39, 0.29) is 11.9 Å². The summed E-state index contributed by atoms with van der Waals surface area (Å²) in [5, 5.41) is 2.90. The molecule has 0 spiro atoms. The Morgan fingerprint density at radius 2 is 2.39 bits per heavy atom. The van der Waals surface area contributed by atoms with Gasteiger partial charge < -0.3 is 5.32 Å². The van der Waals surface area contributed by atoms with E-state index in [4.69, 9.17) is 0 Å². The fraction of sp³-hybridized carbons (Fsp3) is 0.538. The number of pyridine rings is 1. The number of aromatic nitrogens is 1. The van der Waals surface area contributed by atoms with Gasteiger partial charge in [-0.2, -0.15) is 0 Å². The monoisotopic (exact) mass is 248 g/mol. The molecule has 0 radical (unpaired) electrons. The van der Waals surface area contributed by atoms with Crippen molar-refractivity contribution in [3.8, 4) is 0 Å². The maximum Gasteiger partial charge on any atom is 0.238 e. The first-order valence-corrected chi connectivity index (χ1v) is 6.48. The quantitative estimate of drug-likeness (QED) is 0.719. The van der Waals surface area contributed by atoms with Gasteiger partial charge in [0.15, 0.2) is 0 Å². The van der Waals surface area contributed by atoms with Gasteiger partial charge in [-0.25, -0.2) is 5.43 Å². The highest BCUT2D eigenvalue weighted by molar-refractivity contribution is 5.81. The maximum atomic E-state index is 11.9. The SMILES string of the molecule is CCCC1CC(C(=O)NCc2ccccn2)NN1. The van der Waals surface area contributed by atoms with Crippen molar-refractivity contribution in [2.45, 2.75) is 44.8 Å². The number of hydrogen-bond donors (Lipinski definition) is 3. The van der Waals surface area contributed by atoms with Gasteiger partial charge in [0.25, 0.3) is 0 Å². The Morgan fingerprint density at radius 3 is 3.11 bits per heavy atom. The van der Waals surface area contributed by atoms with Gasteiger partial charge >= 0.3 is 0 Å². The predicted molar refractivity (Wildman–Crippen MR) is 69.5 cm³/mol. The van der Waals surface area contributed by atoms with Crippen LogP contribution in [0.15, 0.2) is 24.4 Å². The highest BCUT2D eigenvalue weighted by atomic mass is 16.2. The molecule has 1 aliphatic heterocycles. The van der Waals surface area contributed by atoms with E-state index in [0.29, 0.717) is 12.6 Å². The van der Waals surface area contributed by atoms with Gasteiger partial charge in [-0.1, -0.05) is 19.4 Å². The van der Waals surface area contributed by atoms with Crippen molar-refractivity contribution >= 4 is 5.91 Å². The van der Waals surface area contributed by atoms with Crippen molar-refractivity contribution in [3.05, 3.63) is 30.1 Å². The van der Waals surface area contributed by atoms with Crippen LogP contribution in [-0.2, 0) is 11.3 Å². The second kappa shape index (κ2) is 6.47. The minimum atomic E-state index is -0.134. The number of carbonyl (C=O) groups is 1. The molecular weight excluding hydrogens is 228 g/mol. The van der Waals surface area contributed by atoms with Crippen LogP contribution in [0.1, 0.15) is 31.9 Å². The van der Waals surface area contributed by atoms with Crippen LogP contribution in [0.4, 0.5) is 0 Å². The number of nitrogens with one attached hydrogen (secondary N) is 3. The number of rotatable bonds is 5. The van der Waals surface area contributed by atoms with Crippen LogP contribution >= 0.6 is 0 Å². The molecule has 1 fully saturated rings. The van der Waals surface area contributed by atoms with Gasteiger partial charge in [0.2, 0.25) is 5.91 Å². The molecule has 2 unspecified atom stereocenters. The van der Waals surface area contributed by atoms with Gasteiger partial charge in [-0.15, -0.1) is 0 Å². The summed E-state index contributed by atoms with van der Waals surface area (Å²) >= 11 is 0. The van der Waals surface area contributed by atoms with Crippen LogP contribution < -0.4 is 16.2 Å². The summed E-state index contributed by atoms with van der Waals surface area (Å²) in [4.78, 5) is 16.1. The summed E-state index contributed by atoms with van der Waals surface area (Å²) in [6.45, 7) is 2.63. The summed E-state index contributed by atoms with van der Waals surface area (Å²) in [6.07, 6.45) is 4.80. The predicted octanol–water partition coefficient (Wildman–Crippen LogP) is 0.733. The van der Waals surface area contributed by atoms with Crippen LogP contribution in [0.5, 0.6) is 0 Å². The van der Waals surface area contributed by atoms with Crippen molar-refractivity contribution in [2.24, 2.45) is 0 Å². The second-order valence-corrected chi connectivity index (χ2v) is 4.60. The van der Waals surface area contributed by atoms with E-state index in [1.165, 1.54) is 0 Å². The number of nitrogens with zero attached hydrogens (tertiary/aromatic N) is 1. The molecule has 1 amide bonds. The lowest BCUT2D eigenvalue weighted by Crippen LogP contribution is -2.43. The fourth-order valence-electron chi connectivity index (χ4n) is 2.14. The molecule has 2 atom stereocenters. The summed E-state index contributed by atoms with van der Waals surface area (Å²) in [6, 6.07) is 5.95. The van der Waals surface area contributed by atoms with Crippen molar-refractivity contribution < 1.29 is 4.79 Å². The summed E-state index contributed by atoms with van der Waals surface area (Å²) in [5.41, 5.74) is 7.08. The van der Waals surface area contributed by atoms with Crippen molar-refractivity contribution in [3.63, 3.8) is 0 Å². The lowest BCUT2D eigenvalue weighted by atomic mass is 10.1. The average Bonchev–Trinajstić information content (AvgIpc) is 2.86. The van der Waals surface area contributed by atoms with Gasteiger partial charge in [-0.3, -0.25) is 15.2 Å². The van der Waals surface area contributed by atoms with Gasteiger partial charge in [-0.05, 0) is 25.0 Å². The molecule has 1 aromatic rings. The average molecular weight is 248 g/mol. The van der Waals surface area contributed by atoms with Crippen molar-refractivity contribution in [1.29, 1.82) is 0 Å². The topological polar surface area (TPSA) is 66.0 Å². The smallest absolute Gasteiger partial charge is 0.238 e. The third-order valence-electron chi connectivity index (χ3n) is 3.11. The molecular formula is C13H20N4O. The molecule has 2 rings (SSSR count). The zero-order chi connectivity index (χ0) is 12.8. The van der Waals surface area contributed by atoms with Crippen molar-refractivity contribution in [1.82, 2.24) is 21.2 Å². The number of carbonyl (C=O) groups excluding carboxylic acids is 1. The minimum Gasteiger partial charge on any atom is -0.349 e. The van der Waals surface area contributed by atoms with Gasteiger partial charge in [0.1, 0.15) is 6.04 Å². The minimum absolute atomic E-state index is 0.0340. The van der Waals surface area contributed by atoms with E-state index in [1.807, 2.05) is 18.2 Å². The first kappa shape index (κ1) is 13.0. The molecule has 2 heterocycles. The van der Waals surface area contributed by atoms with Crippen molar-refractivity contribution in [2.75, 3.05) is 0 Å². The number of amides is 1. The number of hydrogen-bond acceptors (Lipinski definition) is 4. The van der Waals surface area contributed by atoms with Crippen LogP contribution in [-0.4, -0.2) is 23.0 Å². The molecule has 0 aromatic carbocycles. The molecule has 5 heteroatoms. The first-order valence-electron chi connectivity index (χ1n) is 6.48. The molecule has 0 bridgehead atoms. The third-order valence-corrected chi connectivity index (χ3v) is 3.11. The zero-order valence-corrected chi connectivity index (χ0v) is 10.6. The zero-order valence-electron chi connectivity index (χ0n) is 10.6. The van der Waals surface area contributed by atoms with E-state index in [2.05, 4.69) is 28.1 Å². The van der Waals surface area contributed by atoms with Crippen LogP contribution in [0.2, 0.25) is 0 Å². The highest BCUT2D eigenvalue weighted by Crippen LogP contribution is 2.10. The van der Waals surface area contributed by atoms with E-state index in [9.17, 15) is 4.79 Å². The Hall–Kier alpha value is -1.46. The number of hydrazine groups is 1. The summed E-state index contributed by atoms with van der Waals surface area (Å²) in [5.74, 6) is 0.0340. The Labute approximate surface area is 107 Å². The van der Waals surface area contributed by atoms with E-state index in [1.54, 1.807) is 6.20 Å². The van der Waals surface area contributed by atoms with E-state index < -0.39 is 0 Å². The molecule has 1 saturated heterocycles. The van der Waals surface area contributed by atoms with Crippen LogP contribution in [0.25, 0.3) is 0 Å². The molecule has 5 nitrogen and oxygen atoms in total. The Kier molecular flexibility index (Phi) is 4.66. The lowest BCUT2D eigenvalue weighted by Gasteiger charge is -2.10. The molecule has 0 saturated carbocycles. The third kappa shape index (κ3) is 3.51. The second-order valence-electron chi connectivity index (χ2n) is 4.60. The Bertz CT molecular complexity index is 382. The largest absolute Gasteiger partial charge is 0.349 e. The standard InChI is InChI=1S/C13H20N4O/c1-2-5-10-8-12(17-16-10)13(18)15-9-11-6-3-4-7-14-11/h3-4,6-7,10,12,16-17H,2,5,8-9H2,1H3,(H,15,18). The maximum absolute atomic E-state index is 11.9. The summed E-state index contributed by atoms with van der Waals surface area (Å²) in [7, 11) is 0. The first-order chi connectivity index (χ1) is 8.79. The molecule has 1 aromatic heterocycles. The van der Waals surface area contributed by atoms with Gasteiger partial charge in [0.05, 0.1) is 12.2 Å². The Morgan fingerprint density at radius 1 is 1.50 bits per heavy atom. The van der Waals surface area contributed by atoms with E-state index in [0.717, 1.165) is 25.0 Å². The molecule has 98 valence electrons. The molecule has 0 aliphatic carbocycles. The van der Waals surface area contributed by atoms with Gasteiger partial charge in [0, 0.05) is 12.2 Å². The summed E-state index contributed by atoms with van der Waals surface area (Å²) < 4.78 is 0. The molecule has 1 aliphatic rings. The molecule has 3 N–H and O–H groups in total.